The highest BCUT2D eigenvalue weighted by atomic mass is 35.7. The molecule has 0 saturated heterocycles. The summed E-state index contributed by atoms with van der Waals surface area (Å²) in [5.74, 6) is -0.0154. The Balaban J connectivity index is 2.73. The van der Waals surface area contributed by atoms with Crippen LogP contribution in [0, 0.1) is 5.92 Å². The van der Waals surface area contributed by atoms with Crippen molar-refractivity contribution >= 4 is 25.6 Å². The van der Waals surface area contributed by atoms with E-state index in [1.54, 1.807) is 12.1 Å². The largest absolute Gasteiger partial charge is 0.349 e. The van der Waals surface area contributed by atoms with E-state index >= 15 is 0 Å². The van der Waals surface area contributed by atoms with Crippen LogP contribution >= 0.6 is 10.7 Å². The minimum atomic E-state index is -3.70. The molecule has 0 heterocycles. The summed E-state index contributed by atoms with van der Waals surface area (Å²) in [6.07, 6.45) is 1.81. The fourth-order valence-electron chi connectivity index (χ4n) is 1.92. The number of benzene rings is 1. The van der Waals surface area contributed by atoms with Crippen LogP contribution in [0.1, 0.15) is 45.2 Å². The highest BCUT2D eigenvalue weighted by molar-refractivity contribution is 8.13. The van der Waals surface area contributed by atoms with Crippen molar-refractivity contribution in [2.45, 2.75) is 44.6 Å². The average molecular weight is 318 g/mol. The topological polar surface area (TPSA) is 63.2 Å². The summed E-state index contributed by atoms with van der Waals surface area (Å²) in [4.78, 5) is 12.0. The fourth-order valence-corrected chi connectivity index (χ4v) is 2.69. The van der Waals surface area contributed by atoms with Crippen molar-refractivity contribution in [3.05, 3.63) is 29.8 Å². The highest BCUT2D eigenvalue weighted by Crippen LogP contribution is 2.19. The third-order valence-electron chi connectivity index (χ3n) is 3.19. The lowest BCUT2D eigenvalue weighted by atomic mass is 10.0. The summed E-state index contributed by atoms with van der Waals surface area (Å²) < 4.78 is 22.3. The first-order chi connectivity index (χ1) is 9.25. The normalized spacial score (nSPS) is 14.6. The molecule has 0 aromatic heterocycles. The zero-order valence-corrected chi connectivity index (χ0v) is 13.5. The van der Waals surface area contributed by atoms with Gasteiger partial charge in [0.15, 0.2) is 0 Å². The monoisotopic (exact) mass is 317 g/mol. The van der Waals surface area contributed by atoms with Crippen molar-refractivity contribution in [1.82, 2.24) is 5.32 Å². The quantitative estimate of drug-likeness (QED) is 0.819. The molecule has 112 valence electrons. The van der Waals surface area contributed by atoms with Gasteiger partial charge >= 0.3 is 0 Å². The molecule has 0 radical (unpaired) electrons. The van der Waals surface area contributed by atoms with E-state index in [0.29, 0.717) is 0 Å². The molecule has 1 rings (SSSR count). The van der Waals surface area contributed by atoms with Crippen LogP contribution in [-0.4, -0.2) is 14.3 Å². The first kappa shape index (κ1) is 17.0. The molecule has 2 unspecified atom stereocenters. The molecule has 0 bridgehead atoms. The van der Waals surface area contributed by atoms with Gasteiger partial charge in [0.25, 0.3) is 9.05 Å². The minimum Gasteiger partial charge on any atom is -0.349 e. The van der Waals surface area contributed by atoms with E-state index < -0.39 is 9.05 Å². The predicted molar refractivity (Wildman–Crippen MR) is 80.1 cm³/mol. The zero-order valence-electron chi connectivity index (χ0n) is 11.9. The first-order valence-corrected chi connectivity index (χ1v) is 8.91. The summed E-state index contributed by atoms with van der Waals surface area (Å²) >= 11 is 0. The van der Waals surface area contributed by atoms with Crippen LogP contribution in [0.15, 0.2) is 29.2 Å². The predicted octanol–water partition coefficient (Wildman–Crippen LogP) is 3.23. The van der Waals surface area contributed by atoms with Gasteiger partial charge in [-0.1, -0.05) is 32.4 Å². The van der Waals surface area contributed by atoms with Gasteiger partial charge in [0.2, 0.25) is 5.91 Å². The molecule has 0 aliphatic rings. The third-order valence-corrected chi connectivity index (χ3v) is 4.56. The van der Waals surface area contributed by atoms with E-state index in [-0.39, 0.29) is 22.8 Å². The lowest BCUT2D eigenvalue weighted by Crippen LogP contribution is -2.31. The maximum absolute atomic E-state index is 11.9. The van der Waals surface area contributed by atoms with Gasteiger partial charge in [-0.05, 0) is 31.0 Å². The summed E-state index contributed by atoms with van der Waals surface area (Å²) in [7, 11) is 1.55. The van der Waals surface area contributed by atoms with Crippen molar-refractivity contribution in [2.24, 2.45) is 5.92 Å². The third kappa shape index (κ3) is 4.80. The van der Waals surface area contributed by atoms with Crippen LogP contribution in [0.2, 0.25) is 0 Å². The molecule has 1 aromatic rings. The maximum Gasteiger partial charge on any atom is 0.261 e. The van der Waals surface area contributed by atoms with Crippen LogP contribution < -0.4 is 5.32 Å². The van der Waals surface area contributed by atoms with Gasteiger partial charge in [-0.25, -0.2) is 8.42 Å². The minimum absolute atomic E-state index is 0.00777. The van der Waals surface area contributed by atoms with E-state index in [1.165, 1.54) is 12.1 Å². The molecular formula is C14H20ClNO3S. The Bertz CT molecular complexity index is 554. The van der Waals surface area contributed by atoms with Gasteiger partial charge in [0, 0.05) is 16.6 Å². The molecule has 1 aromatic carbocycles. The van der Waals surface area contributed by atoms with Crippen molar-refractivity contribution in [3.63, 3.8) is 0 Å². The zero-order chi connectivity index (χ0) is 15.3. The van der Waals surface area contributed by atoms with Crippen LogP contribution in [0.5, 0.6) is 0 Å². The summed E-state index contributed by atoms with van der Waals surface area (Å²) in [5, 5.41) is 2.92. The SMILES string of the molecule is CCCC(C)C(=O)NC(C)c1ccc(S(=O)(=O)Cl)cc1. The van der Waals surface area contributed by atoms with E-state index in [2.05, 4.69) is 5.32 Å². The van der Waals surface area contributed by atoms with Gasteiger partial charge < -0.3 is 5.32 Å². The van der Waals surface area contributed by atoms with Gasteiger partial charge in [0.1, 0.15) is 0 Å². The second-order valence-electron chi connectivity index (χ2n) is 4.93. The number of hydrogen-bond acceptors (Lipinski definition) is 3. The molecule has 6 heteroatoms. The molecular weight excluding hydrogens is 298 g/mol. The molecule has 20 heavy (non-hydrogen) atoms. The molecule has 0 aliphatic carbocycles. The lowest BCUT2D eigenvalue weighted by molar-refractivity contribution is -0.125. The first-order valence-electron chi connectivity index (χ1n) is 6.60. The molecule has 0 aliphatic heterocycles. The number of halogens is 1. The number of amides is 1. The van der Waals surface area contributed by atoms with Gasteiger partial charge in [-0.3, -0.25) is 4.79 Å². The van der Waals surface area contributed by atoms with Gasteiger partial charge in [-0.15, -0.1) is 0 Å². The Labute approximate surface area is 124 Å². The molecule has 4 nitrogen and oxygen atoms in total. The van der Waals surface area contributed by atoms with Crippen LogP contribution in [-0.2, 0) is 13.8 Å². The van der Waals surface area contributed by atoms with Gasteiger partial charge in [-0.2, -0.15) is 0 Å². The molecule has 2 atom stereocenters. The Kier molecular flexibility index (Phi) is 6.02. The maximum atomic E-state index is 11.9. The number of carbonyl (C=O) groups is 1. The van der Waals surface area contributed by atoms with Crippen molar-refractivity contribution in [2.75, 3.05) is 0 Å². The Morgan fingerprint density at radius 3 is 2.25 bits per heavy atom. The highest BCUT2D eigenvalue weighted by Gasteiger charge is 2.16. The molecule has 1 amide bonds. The Morgan fingerprint density at radius 2 is 1.80 bits per heavy atom. The second-order valence-corrected chi connectivity index (χ2v) is 7.49. The van der Waals surface area contributed by atoms with Crippen LogP contribution in [0.3, 0.4) is 0 Å². The summed E-state index contributed by atoms with van der Waals surface area (Å²) in [6.45, 7) is 5.80. The van der Waals surface area contributed by atoms with Crippen LogP contribution in [0.25, 0.3) is 0 Å². The van der Waals surface area contributed by atoms with Crippen molar-refractivity contribution in [1.29, 1.82) is 0 Å². The summed E-state index contributed by atoms with van der Waals surface area (Å²) in [6, 6.07) is 6.02. The summed E-state index contributed by atoms with van der Waals surface area (Å²) in [5.41, 5.74) is 0.839. The Hall–Kier alpha value is -1.07. The standard InChI is InChI=1S/C14H20ClNO3S/c1-4-5-10(2)14(17)16-11(3)12-6-8-13(9-7-12)20(15,18)19/h6-11H,4-5H2,1-3H3,(H,16,17). The number of rotatable bonds is 6. The van der Waals surface area contributed by atoms with Gasteiger partial charge in [0.05, 0.1) is 10.9 Å². The Morgan fingerprint density at radius 1 is 1.25 bits per heavy atom. The number of carbonyl (C=O) groups excluding carboxylic acids is 1. The number of nitrogens with one attached hydrogen (secondary N) is 1. The molecule has 0 saturated carbocycles. The van der Waals surface area contributed by atoms with E-state index in [1.807, 2.05) is 20.8 Å². The lowest BCUT2D eigenvalue weighted by Gasteiger charge is -2.17. The molecule has 1 N–H and O–H groups in total. The molecule has 0 fully saturated rings. The van der Waals surface area contributed by atoms with Crippen molar-refractivity contribution in [3.8, 4) is 0 Å². The van der Waals surface area contributed by atoms with E-state index in [4.69, 9.17) is 10.7 Å². The van der Waals surface area contributed by atoms with Crippen molar-refractivity contribution < 1.29 is 13.2 Å². The van der Waals surface area contributed by atoms with E-state index in [9.17, 15) is 13.2 Å². The van der Waals surface area contributed by atoms with E-state index in [0.717, 1.165) is 18.4 Å². The molecule has 0 spiro atoms. The average Bonchev–Trinajstić information content (AvgIpc) is 2.38. The fraction of sp³-hybridized carbons (Fsp3) is 0.500. The number of hydrogen-bond donors (Lipinski definition) is 1. The smallest absolute Gasteiger partial charge is 0.261 e. The van der Waals surface area contributed by atoms with Crippen LogP contribution in [0.4, 0.5) is 0 Å². The second kappa shape index (κ2) is 7.09.